The number of pyridine rings is 1. The van der Waals surface area contributed by atoms with Crippen molar-refractivity contribution in [3.8, 4) is 0 Å². The molecule has 0 radical (unpaired) electrons. The molecule has 7 nitrogen and oxygen atoms in total. The van der Waals surface area contributed by atoms with Crippen LogP contribution in [-0.2, 0) is 21.4 Å². The number of amides is 1. The molecule has 1 aliphatic carbocycles. The summed E-state index contributed by atoms with van der Waals surface area (Å²) in [5.74, 6) is -0.263. The Morgan fingerprint density at radius 2 is 1.88 bits per heavy atom. The molecule has 0 spiro atoms. The zero-order valence-corrected chi connectivity index (χ0v) is 15.0. The Morgan fingerprint density at radius 1 is 1.25 bits per heavy atom. The molecule has 0 unspecified atom stereocenters. The van der Waals surface area contributed by atoms with Gasteiger partial charge in [-0.1, -0.05) is 26.7 Å². The van der Waals surface area contributed by atoms with Crippen LogP contribution in [0.25, 0.3) is 0 Å². The monoisotopic (exact) mass is 355 g/mol. The van der Waals surface area contributed by atoms with Gasteiger partial charge in [-0.2, -0.15) is 4.31 Å². The molecule has 1 aromatic heterocycles. The highest BCUT2D eigenvalue weighted by Crippen LogP contribution is 2.17. The number of nitrogens with zero attached hydrogens (tertiary/aromatic N) is 2. The molecule has 1 N–H and O–H groups in total. The number of aromatic nitrogens is 1. The Hall–Kier alpha value is -1.67. The van der Waals surface area contributed by atoms with Gasteiger partial charge in [-0.25, -0.2) is 8.42 Å². The second-order valence-electron chi connectivity index (χ2n) is 5.97. The molecule has 134 valence electrons. The maximum atomic E-state index is 12.5. The molecular weight excluding hydrogens is 330 g/mol. The van der Waals surface area contributed by atoms with E-state index >= 15 is 0 Å². The SMILES string of the molecule is CCN(CC)S(=O)(=O)c1ccc(=O)n(CC(=O)NC2CCCC2)c1. The minimum Gasteiger partial charge on any atom is -0.352 e. The van der Waals surface area contributed by atoms with E-state index in [0.717, 1.165) is 30.3 Å². The number of carbonyl (C=O) groups is 1. The molecule has 0 aromatic carbocycles. The number of hydrogen-bond acceptors (Lipinski definition) is 4. The van der Waals surface area contributed by atoms with E-state index in [4.69, 9.17) is 0 Å². The average molecular weight is 355 g/mol. The molecule has 1 aromatic rings. The van der Waals surface area contributed by atoms with Crippen molar-refractivity contribution in [2.24, 2.45) is 0 Å². The highest BCUT2D eigenvalue weighted by atomic mass is 32.2. The fraction of sp³-hybridized carbons (Fsp3) is 0.625. The van der Waals surface area contributed by atoms with Crippen LogP contribution >= 0.6 is 0 Å². The van der Waals surface area contributed by atoms with Crippen LogP contribution in [0.5, 0.6) is 0 Å². The Labute approximate surface area is 142 Å². The van der Waals surface area contributed by atoms with E-state index in [-0.39, 0.29) is 23.4 Å². The topological polar surface area (TPSA) is 88.5 Å². The van der Waals surface area contributed by atoms with Crippen LogP contribution in [-0.4, -0.2) is 42.3 Å². The Balaban J connectivity index is 2.19. The van der Waals surface area contributed by atoms with Gasteiger partial charge in [-0.15, -0.1) is 0 Å². The summed E-state index contributed by atoms with van der Waals surface area (Å²) in [4.78, 5) is 24.1. The largest absolute Gasteiger partial charge is 0.352 e. The first-order chi connectivity index (χ1) is 11.4. The lowest BCUT2D eigenvalue weighted by atomic mass is 10.2. The van der Waals surface area contributed by atoms with Crippen molar-refractivity contribution in [3.63, 3.8) is 0 Å². The van der Waals surface area contributed by atoms with Gasteiger partial charge in [0.1, 0.15) is 6.54 Å². The zero-order valence-electron chi connectivity index (χ0n) is 14.2. The summed E-state index contributed by atoms with van der Waals surface area (Å²) in [6.07, 6.45) is 5.36. The Bertz CT molecular complexity index is 732. The quantitative estimate of drug-likeness (QED) is 0.788. The maximum Gasteiger partial charge on any atom is 0.251 e. The number of hydrogen-bond donors (Lipinski definition) is 1. The fourth-order valence-electron chi connectivity index (χ4n) is 3.00. The van der Waals surface area contributed by atoms with Crippen LogP contribution in [0.3, 0.4) is 0 Å². The normalized spacial score (nSPS) is 15.8. The second kappa shape index (κ2) is 7.94. The first-order valence-corrected chi connectivity index (χ1v) is 9.82. The van der Waals surface area contributed by atoms with Crippen molar-refractivity contribution in [2.75, 3.05) is 13.1 Å². The third-order valence-electron chi connectivity index (χ3n) is 4.33. The van der Waals surface area contributed by atoms with Crippen LogP contribution in [0.2, 0.25) is 0 Å². The van der Waals surface area contributed by atoms with Crippen molar-refractivity contribution < 1.29 is 13.2 Å². The molecule has 0 atom stereocenters. The predicted octanol–water partition coefficient (Wildman–Crippen LogP) is 0.938. The number of carbonyl (C=O) groups excluding carboxylic acids is 1. The van der Waals surface area contributed by atoms with Gasteiger partial charge in [0.25, 0.3) is 5.56 Å². The lowest BCUT2D eigenvalue weighted by Gasteiger charge is -2.19. The third-order valence-corrected chi connectivity index (χ3v) is 6.37. The second-order valence-corrected chi connectivity index (χ2v) is 7.91. The van der Waals surface area contributed by atoms with E-state index in [1.54, 1.807) is 13.8 Å². The fourth-order valence-corrected chi connectivity index (χ4v) is 4.47. The van der Waals surface area contributed by atoms with E-state index in [1.807, 2.05) is 0 Å². The van der Waals surface area contributed by atoms with E-state index in [9.17, 15) is 18.0 Å². The van der Waals surface area contributed by atoms with Gasteiger partial charge in [-0.05, 0) is 18.9 Å². The molecule has 0 bridgehead atoms. The van der Waals surface area contributed by atoms with Crippen LogP contribution in [0.15, 0.2) is 28.0 Å². The number of nitrogens with one attached hydrogen (secondary N) is 1. The Morgan fingerprint density at radius 3 is 2.46 bits per heavy atom. The average Bonchev–Trinajstić information content (AvgIpc) is 3.03. The van der Waals surface area contributed by atoms with E-state index in [0.29, 0.717) is 13.1 Å². The third kappa shape index (κ3) is 4.24. The van der Waals surface area contributed by atoms with Gasteiger partial charge in [0.05, 0.1) is 4.90 Å². The molecule has 1 heterocycles. The van der Waals surface area contributed by atoms with Crippen molar-refractivity contribution in [1.82, 2.24) is 14.2 Å². The molecule has 1 fully saturated rings. The van der Waals surface area contributed by atoms with Crippen molar-refractivity contribution in [3.05, 3.63) is 28.7 Å². The summed E-state index contributed by atoms with van der Waals surface area (Å²) in [6.45, 7) is 4.04. The van der Waals surface area contributed by atoms with Crippen LogP contribution in [0.1, 0.15) is 39.5 Å². The first-order valence-electron chi connectivity index (χ1n) is 8.38. The molecule has 8 heteroatoms. The standard InChI is InChI=1S/C16H25N3O4S/c1-3-19(4-2)24(22,23)14-9-10-16(21)18(11-14)12-15(20)17-13-7-5-6-8-13/h9-11,13H,3-8,12H2,1-2H3,(H,17,20). The lowest BCUT2D eigenvalue weighted by molar-refractivity contribution is -0.122. The van der Waals surface area contributed by atoms with Crippen LogP contribution in [0, 0.1) is 0 Å². The van der Waals surface area contributed by atoms with Gasteiger partial charge in [0.15, 0.2) is 0 Å². The van der Waals surface area contributed by atoms with Crippen LogP contribution in [0.4, 0.5) is 0 Å². The summed E-state index contributed by atoms with van der Waals surface area (Å²) < 4.78 is 27.5. The molecule has 1 saturated carbocycles. The summed E-state index contributed by atoms with van der Waals surface area (Å²) in [7, 11) is -3.66. The number of sulfonamides is 1. The molecule has 2 rings (SSSR count). The zero-order chi connectivity index (χ0) is 17.7. The smallest absolute Gasteiger partial charge is 0.251 e. The van der Waals surface area contributed by atoms with E-state index in [2.05, 4.69) is 5.32 Å². The summed E-state index contributed by atoms with van der Waals surface area (Å²) in [5, 5.41) is 2.90. The molecule has 0 saturated heterocycles. The molecular formula is C16H25N3O4S. The summed E-state index contributed by atoms with van der Waals surface area (Å²) in [6, 6.07) is 2.65. The van der Waals surface area contributed by atoms with Gasteiger partial charge in [-0.3, -0.25) is 9.59 Å². The number of rotatable bonds is 7. The maximum absolute atomic E-state index is 12.5. The minimum absolute atomic E-state index is 0.0273. The molecule has 1 aliphatic rings. The van der Waals surface area contributed by atoms with E-state index < -0.39 is 15.6 Å². The van der Waals surface area contributed by atoms with Crippen molar-refractivity contribution >= 4 is 15.9 Å². The van der Waals surface area contributed by atoms with Gasteiger partial charge >= 0.3 is 0 Å². The van der Waals surface area contributed by atoms with Crippen molar-refractivity contribution in [1.29, 1.82) is 0 Å². The minimum atomic E-state index is -3.66. The highest BCUT2D eigenvalue weighted by molar-refractivity contribution is 7.89. The molecule has 24 heavy (non-hydrogen) atoms. The summed E-state index contributed by atoms with van der Waals surface area (Å²) in [5.41, 5.74) is -0.393. The van der Waals surface area contributed by atoms with Gasteiger partial charge in [0, 0.05) is 31.4 Å². The van der Waals surface area contributed by atoms with Crippen LogP contribution < -0.4 is 10.9 Å². The van der Waals surface area contributed by atoms with Crippen molar-refractivity contribution in [2.45, 2.75) is 57.0 Å². The Kier molecular flexibility index (Phi) is 6.17. The lowest BCUT2D eigenvalue weighted by Crippen LogP contribution is -2.38. The van der Waals surface area contributed by atoms with Gasteiger partial charge < -0.3 is 9.88 Å². The van der Waals surface area contributed by atoms with E-state index in [1.165, 1.54) is 22.6 Å². The highest BCUT2D eigenvalue weighted by Gasteiger charge is 2.23. The molecule has 0 aliphatic heterocycles. The van der Waals surface area contributed by atoms with Gasteiger partial charge in [0.2, 0.25) is 15.9 Å². The predicted molar refractivity (Wildman–Crippen MR) is 91.2 cm³/mol. The molecule has 1 amide bonds. The first kappa shape index (κ1) is 18.7. The summed E-state index contributed by atoms with van der Waals surface area (Å²) >= 11 is 0.